The Hall–Kier alpha value is -3.52. The van der Waals surface area contributed by atoms with Gasteiger partial charge in [0, 0.05) is 31.0 Å². The Kier molecular flexibility index (Phi) is 6.99. The topological polar surface area (TPSA) is 132 Å². The summed E-state index contributed by atoms with van der Waals surface area (Å²) in [5.41, 5.74) is 1.34. The summed E-state index contributed by atoms with van der Waals surface area (Å²) in [5, 5.41) is 3.47. The molecule has 0 fully saturated rings. The number of nitrogens with two attached hydrogens (primary N) is 1. The number of alkyl halides is 3. The van der Waals surface area contributed by atoms with E-state index >= 15 is 0 Å². The molecule has 2 aromatic carbocycles. The van der Waals surface area contributed by atoms with E-state index in [-0.39, 0.29) is 29.2 Å². The second kappa shape index (κ2) is 9.74. The van der Waals surface area contributed by atoms with Gasteiger partial charge in [0.25, 0.3) is 5.91 Å². The summed E-state index contributed by atoms with van der Waals surface area (Å²) in [4.78, 5) is 16.6. The van der Waals surface area contributed by atoms with E-state index in [4.69, 9.17) is 10.2 Å². The number of carbonyl (C=O) groups is 1. The van der Waals surface area contributed by atoms with Crippen molar-refractivity contribution in [2.75, 3.05) is 17.1 Å². The number of primary amides is 1. The molecule has 4 N–H and O–H groups in total. The zero-order chi connectivity index (χ0) is 27.1. The normalized spacial score (nSPS) is 12.2. The molecule has 37 heavy (non-hydrogen) atoms. The average Bonchev–Trinajstić information content (AvgIpc) is 3.35. The molecule has 0 aliphatic heterocycles. The predicted molar refractivity (Wildman–Crippen MR) is 137 cm³/mol. The van der Waals surface area contributed by atoms with Crippen LogP contribution in [0.4, 0.5) is 24.7 Å². The molecule has 0 spiro atoms. The molecule has 4 rings (SSSR count). The van der Waals surface area contributed by atoms with Crippen LogP contribution in [0.2, 0.25) is 0 Å². The van der Waals surface area contributed by atoms with Crippen LogP contribution in [-0.4, -0.2) is 36.4 Å². The van der Waals surface area contributed by atoms with Crippen molar-refractivity contribution in [3.8, 4) is 11.3 Å². The van der Waals surface area contributed by atoms with Crippen molar-refractivity contribution in [3.63, 3.8) is 0 Å². The zero-order valence-electron chi connectivity index (χ0n) is 19.5. The van der Waals surface area contributed by atoms with Crippen molar-refractivity contribution in [1.82, 2.24) is 9.55 Å². The van der Waals surface area contributed by atoms with Crippen molar-refractivity contribution in [3.05, 3.63) is 64.0 Å². The maximum absolute atomic E-state index is 13.0. The molecule has 0 aliphatic rings. The van der Waals surface area contributed by atoms with Crippen molar-refractivity contribution < 1.29 is 30.8 Å². The van der Waals surface area contributed by atoms with Gasteiger partial charge in [-0.1, -0.05) is 25.1 Å². The minimum atomic E-state index is -5.64. The standard InChI is InChI=1S/C23H21BrF3N5O4S/c1-3-17-30-22(29-2)19(21(28)33)32(17)11-12-8-9-16-14(10-12)18(24)20(36-16)13-6-4-5-7-15(13)31-37(34,35)23(25,26)27/h4-10,29,31H,3,11H2,1-2H3,(H2,28,33). The molecule has 0 atom stereocenters. The third-order valence-corrected chi connectivity index (χ3v) is 7.47. The van der Waals surface area contributed by atoms with Crippen molar-refractivity contribution in [1.29, 1.82) is 0 Å². The monoisotopic (exact) mass is 599 g/mol. The van der Waals surface area contributed by atoms with E-state index in [2.05, 4.69) is 26.2 Å². The van der Waals surface area contributed by atoms with Crippen LogP contribution >= 0.6 is 15.9 Å². The van der Waals surface area contributed by atoms with Crippen LogP contribution in [0.25, 0.3) is 22.3 Å². The van der Waals surface area contributed by atoms with Crippen LogP contribution in [0.5, 0.6) is 0 Å². The fourth-order valence-corrected chi connectivity index (χ4v) is 5.09. The number of fused-ring (bicyclic) bond motifs is 1. The Bertz CT molecular complexity index is 1610. The van der Waals surface area contributed by atoms with Crippen molar-refractivity contribution >= 4 is 54.3 Å². The number of nitrogens with one attached hydrogen (secondary N) is 2. The summed E-state index contributed by atoms with van der Waals surface area (Å²) in [6.45, 7) is 2.16. The third kappa shape index (κ3) is 4.90. The van der Waals surface area contributed by atoms with E-state index in [1.807, 2.05) is 6.92 Å². The number of imidazole rings is 1. The fourth-order valence-electron chi connectivity index (χ4n) is 3.91. The van der Waals surface area contributed by atoms with E-state index in [0.29, 0.717) is 33.5 Å². The van der Waals surface area contributed by atoms with Gasteiger partial charge in [-0.3, -0.25) is 9.52 Å². The van der Waals surface area contributed by atoms with Crippen LogP contribution in [0.3, 0.4) is 0 Å². The molecule has 2 aromatic heterocycles. The van der Waals surface area contributed by atoms with Crippen LogP contribution in [0.1, 0.15) is 28.8 Å². The first-order chi connectivity index (χ1) is 17.4. The molecule has 0 aliphatic carbocycles. The summed E-state index contributed by atoms with van der Waals surface area (Å²) in [7, 11) is -4.00. The Morgan fingerprint density at radius 1 is 1.22 bits per heavy atom. The highest BCUT2D eigenvalue weighted by molar-refractivity contribution is 9.10. The molecule has 14 heteroatoms. The molecule has 1 amide bonds. The second-order valence-corrected chi connectivity index (χ2v) is 10.4. The SMILES string of the molecule is CCc1nc(NC)c(C(N)=O)n1Cc1ccc2oc(-c3ccccc3NS(=O)(=O)C(F)(F)F)c(Br)c2c1. The van der Waals surface area contributed by atoms with Gasteiger partial charge < -0.3 is 20.0 Å². The van der Waals surface area contributed by atoms with Crippen molar-refractivity contribution in [2.24, 2.45) is 5.73 Å². The minimum Gasteiger partial charge on any atom is -0.455 e. The number of aryl methyl sites for hydroxylation is 1. The van der Waals surface area contributed by atoms with Crippen LogP contribution in [0.15, 0.2) is 51.4 Å². The fraction of sp³-hybridized carbons (Fsp3) is 0.217. The van der Waals surface area contributed by atoms with E-state index in [9.17, 15) is 26.4 Å². The Morgan fingerprint density at radius 2 is 1.92 bits per heavy atom. The summed E-state index contributed by atoms with van der Waals surface area (Å²) < 4.78 is 71.9. The van der Waals surface area contributed by atoms with Crippen LogP contribution in [0, 0.1) is 0 Å². The minimum absolute atomic E-state index is 0.109. The van der Waals surface area contributed by atoms with Gasteiger partial charge in [0.15, 0.2) is 17.3 Å². The van der Waals surface area contributed by atoms with Crippen molar-refractivity contribution in [2.45, 2.75) is 25.4 Å². The molecule has 0 saturated carbocycles. The number of para-hydroxylation sites is 1. The maximum Gasteiger partial charge on any atom is 0.516 e. The van der Waals surface area contributed by atoms with E-state index in [1.165, 1.54) is 18.2 Å². The lowest BCUT2D eigenvalue weighted by Gasteiger charge is -2.13. The molecular formula is C23H21BrF3N5O4S. The van der Waals surface area contributed by atoms with E-state index in [0.717, 1.165) is 5.56 Å². The number of anilines is 2. The Morgan fingerprint density at radius 3 is 2.54 bits per heavy atom. The number of carbonyl (C=O) groups excluding carboxylic acids is 1. The van der Waals surface area contributed by atoms with Gasteiger partial charge in [0.05, 0.1) is 10.2 Å². The first-order valence-electron chi connectivity index (χ1n) is 10.8. The maximum atomic E-state index is 13.0. The largest absolute Gasteiger partial charge is 0.516 e. The van der Waals surface area contributed by atoms with Gasteiger partial charge in [0.1, 0.15) is 11.4 Å². The summed E-state index contributed by atoms with van der Waals surface area (Å²) in [6.07, 6.45) is 0.550. The van der Waals surface area contributed by atoms with Gasteiger partial charge in [-0.15, -0.1) is 0 Å². The summed E-state index contributed by atoms with van der Waals surface area (Å²) in [6, 6.07) is 10.8. The molecule has 4 aromatic rings. The van der Waals surface area contributed by atoms with Gasteiger partial charge >= 0.3 is 15.5 Å². The van der Waals surface area contributed by atoms with Gasteiger partial charge in [-0.2, -0.15) is 21.6 Å². The highest BCUT2D eigenvalue weighted by Gasteiger charge is 2.46. The lowest BCUT2D eigenvalue weighted by atomic mass is 10.1. The quantitative estimate of drug-likeness (QED) is 0.259. The highest BCUT2D eigenvalue weighted by atomic mass is 79.9. The van der Waals surface area contributed by atoms with E-state index in [1.54, 1.807) is 40.6 Å². The Labute approximate surface area is 218 Å². The lowest BCUT2D eigenvalue weighted by Crippen LogP contribution is -2.30. The molecule has 2 heterocycles. The highest BCUT2D eigenvalue weighted by Crippen LogP contribution is 2.42. The average molecular weight is 600 g/mol. The predicted octanol–water partition coefficient (Wildman–Crippen LogP) is 5.07. The van der Waals surface area contributed by atoms with Gasteiger partial charge in [-0.25, -0.2) is 4.98 Å². The number of sulfonamides is 1. The zero-order valence-corrected chi connectivity index (χ0v) is 21.9. The first kappa shape index (κ1) is 26.5. The molecule has 196 valence electrons. The first-order valence-corrected chi connectivity index (χ1v) is 13.1. The van der Waals surface area contributed by atoms with Gasteiger partial charge in [-0.05, 0) is 45.8 Å². The summed E-state index contributed by atoms with van der Waals surface area (Å²) in [5.74, 6) is 0.522. The lowest BCUT2D eigenvalue weighted by molar-refractivity contribution is -0.0429. The smallest absolute Gasteiger partial charge is 0.455 e. The molecule has 0 saturated heterocycles. The second-order valence-electron chi connectivity index (χ2n) is 7.95. The number of benzene rings is 2. The summed E-state index contributed by atoms with van der Waals surface area (Å²) >= 11 is 3.45. The molecule has 9 nitrogen and oxygen atoms in total. The van der Waals surface area contributed by atoms with Crippen LogP contribution < -0.4 is 15.8 Å². The molecule has 0 unspecified atom stereocenters. The van der Waals surface area contributed by atoms with Gasteiger partial charge in [0.2, 0.25) is 0 Å². The van der Waals surface area contributed by atoms with Crippen LogP contribution in [-0.2, 0) is 23.0 Å². The molecule has 0 bridgehead atoms. The number of nitrogens with zero attached hydrogens (tertiary/aromatic N) is 2. The number of amides is 1. The molecule has 0 radical (unpaired) electrons. The third-order valence-electron chi connectivity index (χ3n) is 5.59. The number of hydrogen-bond donors (Lipinski definition) is 3. The van der Waals surface area contributed by atoms with E-state index < -0.39 is 21.4 Å². The number of halogens is 4. The molecular weight excluding hydrogens is 579 g/mol. The number of hydrogen-bond acceptors (Lipinski definition) is 6. The Balaban J connectivity index is 1.77. The number of rotatable bonds is 8. The number of furan rings is 1. The number of aromatic nitrogens is 2.